The Morgan fingerprint density at radius 2 is 1.80 bits per heavy atom. The van der Waals surface area contributed by atoms with Crippen molar-refractivity contribution in [3.63, 3.8) is 0 Å². The normalized spacial score (nSPS) is 10.6. The fourth-order valence-corrected chi connectivity index (χ4v) is 3.30. The standard InChI is InChI=1S/C23H27FN2O3.ClH/c1-26-22(27)11-8-18-15-19(24)16-21(23(18)26)29-14-13-25-12-4-3-5-17-6-9-20(28-2)10-7-17;/h6-11,15-16,25H,3-5,12-14H2,1-2H3;1H. The zero-order valence-corrected chi connectivity index (χ0v) is 18.1. The van der Waals surface area contributed by atoms with E-state index in [2.05, 4.69) is 17.4 Å². The number of hydrogen-bond acceptors (Lipinski definition) is 4. The molecule has 0 unspecified atom stereocenters. The van der Waals surface area contributed by atoms with Crippen molar-refractivity contribution < 1.29 is 13.9 Å². The second-order valence-corrected chi connectivity index (χ2v) is 6.98. The lowest BCUT2D eigenvalue weighted by Gasteiger charge is -2.13. The van der Waals surface area contributed by atoms with Crippen molar-refractivity contribution in [2.75, 3.05) is 26.8 Å². The van der Waals surface area contributed by atoms with Crippen LogP contribution in [0.25, 0.3) is 10.9 Å². The molecule has 1 aromatic heterocycles. The smallest absolute Gasteiger partial charge is 0.250 e. The summed E-state index contributed by atoms with van der Waals surface area (Å²) in [6, 6.07) is 13.9. The van der Waals surface area contributed by atoms with E-state index in [9.17, 15) is 9.18 Å². The molecule has 0 aliphatic rings. The van der Waals surface area contributed by atoms with Crippen LogP contribution >= 0.6 is 12.4 Å². The third kappa shape index (κ3) is 6.21. The molecular formula is C23H28ClFN2O3. The highest BCUT2D eigenvalue weighted by Crippen LogP contribution is 2.25. The molecule has 7 heteroatoms. The zero-order valence-electron chi connectivity index (χ0n) is 17.3. The fourth-order valence-electron chi connectivity index (χ4n) is 3.30. The molecule has 0 atom stereocenters. The Hall–Kier alpha value is -2.57. The van der Waals surface area contributed by atoms with Gasteiger partial charge in [-0.3, -0.25) is 4.79 Å². The Morgan fingerprint density at radius 1 is 1.03 bits per heavy atom. The summed E-state index contributed by atoms with van der Waals surface area (Å²) in [5.41, 5.74) is 1.76. The summed E-state index contributed by atoms with van der Waals surface area (Å²) in [5.74, 6) is 0.890. The molecule has 2 aromatic carbocycles. The van der Waals surface area contributed by atoms with E-state index in [0.717, 1.165) is 31.6 Å². The fraction of sp³-hybridized carbons (Fsp3) is 0.348. The summed E-state index contributed by atoms with van der Waals surface area (Å²) in [4.78, 5) is 11.9. The van der Waals surface area contributed by atoms with E-state index < -0.39 is 0 Å². The Balaban J connectivity index is 0.00000320. The second-order valence-electron chi connectivity index (χ2n) is 6.98. The molecule has 0 bridgehead atoms. The molecule has 30 heavy (non-hydrogen) atoms. The average Bonchev–Trinajstić information content (AvgIpc) is 2.72. The number of methoxy groups -OCH3 is 1. The van der Waals surface area contributed by atoms with Crippen LogP contribution in [0.4, 0.5) is 4.39 Å². The number of aromatic nitrogens is 1. The molecule has 0 aliphatic carbocycles. The minimum absolute atomic E-state index is 0. The molecule has 1 heterocycles. The predicted molar refractivity (Wildman–Crippen MR) is 121 cm³/mol. The number of ether oxygens (including phenoxy) is 2. The number of unbranched alkanes of at least 4 members (excludes halogenated alkanes) is 1. The van der Waals surface area contributed by atoms with Gasteiger partial charge in [-0.25, -0.2) is 4.39 Å². The summed E-state index contributed by atoms with van der Waals surface area (Å²) in [6.45, 7) is 1.95. The number of pyridine rings is 1. The van der Waals surface area contributed by atoms with Gasteiger partial charge < -0.3 is 19.4 Å². The molecule has 0 amide bonds. The van der Waals surface area contributed by atoms with Gasteiger partial charge in [-0.15, -0.1) is 12.4 Å². The largest absolute Gasteiger partial charge is 0.497 e. The van der Waals surface area contributed by atoms with Crippen LogP contribution in [0.1, 0.15) is 18.4 Å². The molecule has 5 nitrogen and oxygen atoms in total. The van der Waals surface area contributed by atoms with E-state index in [-0.39, 0.29) is 23.8 Å². The number of benzene rings is 2. The van der Waals surface area contributed by atoms with Crippen molar-refractivity contribution in [3.05, 3.63) is 70.3 Å². The van der Waals surface area contributed by atoms with E-state index >= 15 is 0 Å². The predicted octanol–water partition coefficient (Wildman–Crippen LogP) is 4.10. The molecule has 162 valence electrons. The maximum Gasteiger partial charge on any atom is 0.250 e. The monoisotopic (exact) mass is 434 g/mol. The first-order valence-electron chi connectivity index (χ1n) is 9.84. The van der Waals surface area contributed by atoms with E-state index in [1.54, 1.807) is 20.2 Å². The second kappa shape index (κ2) is 11.6. The van der Waals surface area contributed by atoms with Crippen LogP contribution in [0.5, 0.6) is 11.5 Å². The first kappa shape index (κ1) is 23.7. The zero-order chi connectivity index (χ0) is 20.6. The van der Waals surface area contributed by atoms with Crippen LogP contribution in [-0.2, 0) is 13.5 Å². The van der Waals surface area contributed by atoms with Gasteiger partial charge in [-0.2, -0.15) is 0 Å². The van der Waals surface area contributed by atoms with Crippen LogP contribution < -0.4 is 20.3 Å². The molecule has 0 saturated carbocycles. The number of aryl methyl sites for hydroxylation is 2. The lowest BCUT2D eigenvalue weighted by Crippen LogP contribution is -2.23. The summed E-state index contributed by atoms with van der Waals surface area (Å²) in [6.07, 6.45) is 3.19. The topological polar surface area (TPSA) is 52.5 Å². The number of fused-ring (bicyclic) bond motifs is 1. The van der Waals surface area contributed by atoms with Crippen molar-refractivity contribution in [2.45, 2.75) is 19.3 Å². The van der Waals surface area contributed by atoms with Gasteiger partial charge in [0.1, 0.15) is 23.9 Å². The maximum atomic E-state index is 13.8. The Kier molecular flexibility index (Phi) is 9.15. The number of rotatable bonds is 10. The van der Waals surface area contributed by atoms with Gasteiger partial charge in [0.15, 0.2) is 0 Å². The van der Waals surface area contributed by atoms with Crippen LogP contribution in [0.2, 0.25) is 0 Å². The van der Waals surface area contributed by atoms with Gasteiger partial charge in [-0.05, 0) is 55.6 Å². The van der Waals surface area contributed by atoms with Crippen molar-refractivity contribution in [1.29, 1.82) is 0 Å². The highest BCUT2D eigenvalue weighted by atomic mass is 35.5. The molecule has 0 fully saturated rings. The molecule has 0 aliphatic heterocycles. The quantitative estimate of drug-likeness (QED) is 0.488. The van der Waals surface area contributed by atoms with Crippen molar-refractivity contribution in [2.24, 2.45) is 7.05 Å². The minimum Gasteiger partial charge on any atom is -0.497 e. The SMILES string of the molecule is COc1ccc(CCCCNCCOc2cc(F)cc3ccc(=O)n(C)c23)cc1.Cl. The molecule has 0 saturated heterocycles. The molecule has 0 radical (unpaired) electrons. The molecule has 3 aromatic rings. The third-order valence-corrected chi connectivity index (χ3v) is 4.91. The minimum atomic E-state index is -0.377. The first-order valence-corrected chi connectivity index (χ1v) is 9.84. The van der Waals surface area contributed by atoms with Crippen molar-refractivity contribution >= 4 is 23.3 Å². The summed E-state index contributed by atoms with van der Waals surface area (Å²) < 4.78 is 26.2. The van der Waals surface area contributed by atoms with Crippen LogP contribution in [0.15, 0.2) is 53.3 Å². The van der Waals surface area contributed by atoms with Crippen LogP contribution in [-0.4, -0.2) is 31.4 Å². The highest BCUT2D eigenvalue weighted by Gasteiger charge is 2.09. The molecular weight excluding hydrogens is 407 g/mol. The van der Waals surface area contributed by atoms with E-state index in [1.807, 2.05) is 12.1 Å². The molecule has 0 spiro atoms. The summed E-state index contributed by atoms with van der Waals surface area (Å²) >= 11 is 0. The van der Waals surface area contributed by atoms with E-state index in [1.165, 1.54) is 28.3 Å². The van der Waals surface area contributed by atoms with Crippen LogP contribution in [0.3, 0.4) is 0 Å². The Labute approximate surface area is 182 Å². The van der Waals surface area contributed by atoms with Gasteiger partial charge in [0, 0.05) is 31.1 Å². The number of nitrogens with zero attached hydrogens (tertiary/aromatic N) is 1. The molecule has 1 N–H and O–H groups in total. The van der Waals surface area contributed by atoms with Gasteiger partial charge in [0.25, 0.3) is 5.56 Å². The highest BCUT2D eigenvalue weighted by molar-refractivity contribution is 5.85. The van der Waals surface area contributed by atoms with Crippen LogP contribution in [0, 0.1) is 5.82 Å². The van der Waals surface area contributed by atoms with Crippen molar-refractivity contribution in [3.8, 4) is 11.5 Å². The van der Waals surface area contributed by atoms with Gasteiger partial charge >= 0.3 is 0 Å². The lowest BCUT2D eigenvalue weighted by molar-refractivity contribution is 0.314. The average molecular weight is 435 g/mol. The van der Waals surface area contributed by atoms with Gasteiger partial charge in [-0.1, -0.05) is 12.1 Å². The lowest BCUT2D eigenvalue weighted by atomic mass is 10.1. The first-order chi connectivity index (χ1) is 14.1. The van der Waals surface area contributed by atoms with Gasteiger partial charge in [0.05, 0.1) is 12.6 Å². The Morgan fingerprint density at radius 3 is 2.53 bits per heavy atom. The summed E-state index contributed by atoms with van der Waals surface area (Å²) in [5, 5.41) is 3.99. The third-order valence-electron chi connectivity index (χ3n) is 4.91. The number of hydrogen-bond donors (Lipinski definition) is 1. The maximum absolute atomic E-state index is 13.8. The number of nitrogens with one attached hydrogen (secondary N) is 1. The van der Waals surface area contributed by atoms with Gasteiger partial charge in [0.2, 0.25) is 0 Å². The van der Waals surface area contributed by atoms with E-state index in [0.29, 0.717) is 29.8 Å². The van der Waals surface area contributed by atoms with E-state index in [4.69, 9.17) is 9.47 Å². The summed E-state index contributed by atoms with van der Waals surface area (Å²) in [7, 11) is 3.33. The van der Waals surface area contributed by atoms with Crippen molar-refractivity contribution in [1.82, 2.24) is 9.88 Å². The number of halogens is 2. The Bertz CT molecular complexity index is 1010. The molecule has 3 rings (SSSR count).